The van der Waals surface area contributed by atoms with Crippen molar-refractivity contribution in [1.82, 2.24) is 0 Å². The predicted octanol–water partition coefficient (Wildman–Crippen LogP) is -0.441. The van der Waals surface area contributed by atoms with Gasteiger partial charge in [0.2, 0.25) is 0 Å². The smallest absolute Gasteiger partial charge is 0.497 e. The Kier molecular flexibility index (Phi) is 10.2. The molecule has 0 saturated heterocycles. The average molecular weight is 316 g/mol. The largest absolute Gasteiger partial charge is 1.00 e. The van der Waals surface area contributed by atoms with Gasteiger partial charge in [0, 0.05) is 19.6 Å². The van der Waals surface area contributed by atoms with E-state index in [0.29, 0.717) is 19.6 Å². The molecule has 108 valence electrons. The minimum Gasteiger partial charge on any atom is -0.497 e. The molecule has 0 aliphatic rings. The molecular weight excluding hydrogens is 299 g/mol. The van der Waals surface area contributed by atoms with E-state index < -0.39 is 12.4 Å². The van der Waals surface area contributed by atoms with Crippen LogP contribution in [-0.2, 0) is 4.74 Å². The summed E-state index contributed by atoms with van der Waals surface area (Å²) in [4.78, 5) is 0. The molecule has 0 fully saturated rings. The number of halogens is 3. The summed E-state index contributed by atoms with van der Waals surface area (Å²) >= 11 is 0. The van der Waals surface area contributed by atoms with Gasteiger partial charge in [-0.3, -0.25) is 0 Å². The quantitative estimate of drug-likeness (QED) is 0.481. The standard InChI is InChI=1S/C12H17BF3O3.K/c1-3-18-7-4-8-19-12-6-5-10(17-2)9-11(12)13(14,15)16;/h5-6,9H,3-4,7-8H2,1-2H3;/q-1;+1. The third kappa shape index (κ3) is 6.82. The predicted molar refractivity (Wildman–Crippen MR) is 68.3 cm³/mol. The fourth-order valence-electron chi connectivity index (χ4n) is 1.53. The molecule has 0 heterocycles. The van der Waals surface area contributed by atoms with Gasteiger partial charge in [-0.15, -0.1) is 0 Å². The first-order chi connectivity index (χ1) is 8.99. The number of rotatable bonds is 8. The Bertz CT molecular complexity index is 402. The summed E-state index contributed by atoms with van der Waals surface area (Å²) in [6.45, 7) is -2.03. The third-order valence-electron chi connectivity index (χ3n) is 2.46. The van der Waals surface area contributed by atoms with E-state index in [1.165, 1.54) is 19.2 Å². The van der Waals surface area contributed by atoms with Gasteiger partial charge in [-0.2, -0.15) is 0 Å². The van der Waals surface area contributed by atoms with Crippen LogP contribution in [0, 0.1) is 0 Å². The van der Waals surface area contributed by atoms with Crippen LogP contribution in [0.25, 0.3) is 0 Å². The van der Waals surface area contributed by atoms with E-state index in [0.717, 1.165) is 6.07 Å². The van der Waals surface area contributed by atoms with E-state index in [-0.39, 0.29) is 69.5 Å². The molecule has 0 atom stereocenters. The van der Waals surface area contributed by atoms with Crippen LogP contribution < -0.4 is 66.3 Å². The summed E-state index contributed by atoms with van der Waals surface area (Å²) in [6, 6.07) is 3.69. The zero-order valence-electron chi connectivity index (χ0n) is 12.0. The van der Waals surface area contributed by atoms with E-state index in [2.05, 4.69) is 0 Å². The minimum absolute atomic E-state index is 0. The average Bonchev–Trinajstić information content (AvgIpc) is 2.37. The molecule has 0 bridgehead atoms. The van der Waals surface area contributed by atoms with Gasteiger partial charge in [0.25, 0.3) is 0 Å². The Morgan fingerprint density at radius 3 is 2.40 bits per heavy atom. The molecule has 1 aromatic rings. The first-order valence-electron chi connectivity index (χ1n) is 6.07. The molecule has 0 amide bonds. The minimum atomic E-state index is -5.13. The van der Waals surface area contributed by atoms with Crippen LogP contribution in [0.2, 0.25) is 0 Å². The normalized spacial score (nSPS) is 10.8. The van der Waals surface area contributed by atoms with Crippen molar-refractivity contribution in [3.63, 3.8) is 0 Å². The number of methoxy groups -OCH3 is 1. The summed E-state index contributed by atoms with van der Waals surface area (Å²) in [5.74, 6) is 0.000616. The second-order valence-electron chi connectivity index (χ2n) is 3.88. The second kappa shape index (κ2) is 10.1. The molecular formula is C12H17BF3KO3. The number of hydrogen-bond donors (Lipinski definition) is 0. The molecule has 0 aliphatic heterocycles. The fraction of sp³-hybridized carbons (Fsp3) is 0.500. The zero-order chi connectivity index (χ0) is 14.3. The van der Waals surface area contributed by atoms with Crippen molar-refractivity contribution in [2.45, 2.75) is 13.3 Å². The van der Waals surface area contributed by atoms with Crippen molar-refractivity contribution >= 4 is 12.4 Å². The van der Waals surface area contributed by atoms with E-state index in [1.54, 1.807) is 0 Å². The van der Waals surface area contributed by atoms with Crippen LogP contribution in [0.1, 0.15) is 13.3 Å². The van der Waals surface area contributed by atoms with Gasteiger partial charge in [0.15, 0.2) is 0 Å². The molecule has 0 unspecified atom stereocenters. The van der Waals surface area contributed by atoms with Gasteiger partial charge >= 0.3 is 58.4 Å². The van der Waals surface area contributed by atoms with Gasteiger partial charge < -0.3 is 27.2 Å². The molecule has 0 saturated carbocycles. The van der Waals surface area contributed by atoms with E-state index in [4.69, 9.17) is 14.2 Å². The molecule has 0 aliphatic carbocycles. The van der Waals surface area contributed by atoms with Crippen molar-refractivity contribution < 1.29 is 78.5 Å². The molecule has 1 aromatic carbocycles. The Morgan fingerprint density at radius 1 is 1.15 bits per heavy atom. The van der Waals surface area contributed by atoms with Crippen molar-refractivity contribution in [1.29, 1.82) is 0 Å². The van der Waals surface area contributed by atoms with Crippen LogP contribution in [0.3, 0.4) is 0 Å². The molecule has 0 aromatic heterocycles. The van der Waals surface area contributed by atoms with E-state index >= 15 is 0 Å². The summed E-state index contributed by atoms with van der Waals surface area (Å²) in [7, 11) is 1.32. The van der Waals surface area contributed by atoms with Gasteiger partial charge in [0.05, 0.1) is 19.5 Å². The number of benzene rings is 1. The maximum atomic E-state index is 12.9. The van der Waals surface area contributed by atoms with Gasteiger partial charge in [0.1, 0.15) is 5.75 Å². The Balaban J connectivity index is 0.00000361. The number of hydrogen-bond acceptors (Lipinski definition) is 3. The Hall–Kier alpha value is 0.271. The summed E-state index contributed by atoms with van der Waals surface area (Å²) in [5.41, 5.74) is -0.768. The molecule has 8 heteroatoms. The van der Waals surface area contributed by atoms with Gasteiger partial charge in [-0.25, -0.2) is 0 Å². The Morgan fingerprint density at radius 2 is 1.85 bits per heavy atom. The van der Waals surface area contributed by atoms with Crippen LogP contribution in [0.5, 0.6) is 11.5 Å². The van der Waals surface area contributed by atoms with Crippen LogP contribution in [-0.4, -0.2) is 33.9 Å². The molecule has 0 radical (unpaired) electrons. The topological polar surface area (TPSA) is 27.7 Å². The van der Waals surface area contributed by atoms with E-state index in [9.17, 15) is 12.9 Å². The van der Waals surface area contributed by atoms with Crippen LogP contribution in [0.15, 0.2) is 18.2 Å². The van der Waals surface area contributed by atoms with Crippen molar-refractivity contribution in [2.24, 2.45) is 0 Å². The van der Waals surface area contributed by atoms with Crippen LogP contribution in [0.4, 0.5) is 12.9 Å². The summed E-state index contributed by atoms with van der Waals surface area (Å²) in [5, 5.41) is 0. The molecule has 0 spiro atoms. The first kappa shape index (κ1) is 20.3. The Labute approximate surface area is 159 Å². The molecule has 3 nitrogen and oxygen atoms in total. The van der Waals surface area contributed by atoms with E-state index in [1.807, 2.05) is 6.92 Å². The monoisotopic (exact) mass is 316 g/mol. The van der Waals surface area contributed by atoms with Crippen LogP contribution >= 0.6 is 0 Å². The zero-order valence-corrected chi connectivity index (χ0v) is 15.1. The van der Waals surface area contributed by atoms with Crippen molar-refractivity contribution in [3.05, 3.63) is 18.2 Å². The van der Waals surface area contributed by atoms with Gasteiger partial charge in [-0.05, 0) is 25.1 Å². The molecule has 1 rings (SSSR count). The van der Waals surface area contributed by atoms with Crippen molar-refractivity contribution in [2.75, 3.05) is 26.9 Å². The first-order valence-corrected chi connectivity index (χ1v) is 6.07. The van der Waals surface area contributed by atoms with Gasteiger partial charge in [-0.1, -0.05) is 5.46 Å². The molecule has 0 N–H and O–H groups in total. The van der Waals surface area contributed by atoms with Crippen molar-refractivity contribution in [3.8, 4) is 11.5 Å². The number of ether oxygens (including phenoxy) is 3. The third-order valence-corrected chi connectivity index (χ3v) is 2.46. The maximum Gasteiger partial charge on any atom is 1.00 e. The second-order valence-corrected chi connectivity index (χ2v) is 3.88. The SMILES string of the molecule is CCOCCCOc1ccc(OC)cc1[B-](F)(F)F.[K+]. The summed E-state index contributed by atoms with van der Waals surface area (Å²) in [6.07, 6.45) is 0.546. The summed E-state index contributed by atoms with van der Waals surface area (Å²) < 4.78 is 53.7. The fourth-order valence-corrected chi connectivity index (χ4v) is 1.53. The maximum absolute atomic E-state index is 12.9. The molecule has 20 heavy (non-hydrogen) atoms.